The second kappa shape index (κ2) is 7.51. The van der Waals surface area contributed by atoms with E-state index in [1.165, 1.54) is 11.8 Å². The first kappa shape index (κ1) is 18.3. The third kappa shape index (κ3) is 3.53. The maximum atomic E-state index is 5.78. The molecule has 0 aliphatic carbocycles. The second-order valence-corrected chi connectivity index (χ2v) is 7.10. The van der Waals surface area contributed by atoms with Crippen molar-refractivity contribution in [1.29, 1.82) is 0 Å². The van der Waals surface area contributed by atoms with Crippen molar-refractivity contribution in [1.82, 2.24) is 24.6 Å². The highest BCUT2D eigenvalue weighted by atomic mass is 32.2. The van der Waals surface area contributed by atoms with Crippen molar-refractivity contribution in [2.45, 2.75) is 24.8 Å². The third-order valence-electron chi connectivity index (χ3n) is 4.19. The molecule has 0 unspecified atom stereocenters. The quantitative estimate of drug-likeness (QED) is 0.455. The lowest BCUT2D eigenvalue weighted by molar-refractivity contribution is 0.355. The molecule has 9 heteroatoms. The Morgan fingerprint density at radius 2 is 1.86 bits per heavy atom. The summed E-state index contributed by atoms with van der Waals surface area (Å²) in [6, 6.07) is 7.49. The van der Waals surface area contributed by atoms with E-state index in [0.717, 1.165) is 22.6 Å². The predicted octanol–water partition coefficient (Wildman–Crippen LogP) is 3.71. The molecule has 1 aromatic carbocycles. The van der Waals surface area contributed by atoms with Crippen LogP contribution in [0.15, 0.2) is 40.1 Å². The summed E-state index contributed by atoms with van der Waals surface area (Å²) >= 11 is 1.43. The lowest BCUT2D eigenvalue weighted by Gasteiger charge is -2.07. The Bertz CT molecular complexity index is 1140. The number of aryl methyl sites for hydroxylation is 2. The molecule has 144 valence electrons. The second-order valence-electron chi connectivity index (χ2n) is 6.17. The average Bonchev–Trinajstić information content (AvgIpc) is 3.32. The summed E-state index contributed by atoms with van der Waals surface area (Å²) in [4.78, 5) is 9.02. The summed E-state index contributed by atoms with van der Waals surface area (Å²) in [5.41, 5.74) is 3.71. The fourth-order valence-corrected chi connectivity index (χ4v) is 3.52. The molecule has 4 rings (SSSR count). The van der Waals surface area contributed by atoms with Crippen LogP contribution >= 0.6 is 11.8 Å². The van der Waals surface area contributed by atoms with E-state index < -0.39 is 0 Å². The van der Waals surface area contributed by atoms with Crippen LogP contribution in [-0.4, -0.2) is 38.8 Å². The first-order chi connectivity index (χ1) is 13.6. The van der Waals surface area contributed by atoms with Gasteiger partial charge in [0.15, 0.2) is 11.5 Å². The van der Waals surface area contributed by atoms with E-state index in [1.54, 1.807) is 26.4 Å². The van der Waals surface area contributed by atoms with Crippen LogP contribution in [0.25, 0.3) is 17.2 Å². The maximum absolute atomic E-state index is 5.78. The number of hydrogen-bond donors (Lipinski definition) is 0. The number of thioether (sulfide) groups is 1. The molecule has 8 nitrogen and oxygen atoms in total. The number of benzene rings is 1. The van der Waals surface area contributed by atoms with E-state index >= 15 is 0 Å². The highest BCUT2D eigenvalue weighted by molar-refractivity contribution is 7.98. The molecule has 3 aromatic heterocycles. The van der Waals surface area contributed by atoms with Gasteiger partial charge in [-0.25, -0.2) is 9.97 Å². The van der Waals surface area contributed by atoms with Crippen LogP contribution in [0.5, 0.6) is 11.5 Å². The van der Waals surface area contributed by atoms with Gasteiger partial charge in [-0.15, -0.1) is 10.2 Å². The van der Waals surface area contributed by atoms with Gasteiger partial charge in [0, 0.05) is 28.9 Å². The fraction of sp³-hybridized carbons (Fsp3) is 0.263. The first-order valence-corrected chi connectivity index (χ1v) is 9.57. The minimum Gasteiger partial charge on any atom is -0.493 e. The van der Waals surface area contributed by atoms with Crippen LogP contribution in [-0.2, 0) is 5.75 Å². The molecule has 0 fully saturated rings. The Morgan fingerprint density at radius 3 is 2.64 bits per heavy atom. The van der Waals surface area contributed by atoms with Crippen molar-refractivity contribution in [3.8, 4) is 23.0 Å². The minimum absolute atomic E-state index is 0.423. The summed E-state index contributed by atoms with van der Waals surface area (Å²) in [6.07, 6.45) is 1.98. The van der Waals surface area contributed by atoms with Gasteiger partial charge in [-0.05, 0) is 38.1 Å². The monoisotopic (exact) mass is 397 g/mol. The maximum Gasteiger partial charge on any atom is 0.277 e. The summed E-state index contributed by atoms with van der Waals surface area (Å²) < 4.78 is 18.3. The molecule has 0 bridgehead atoms. The molecule has 0 spiro atoms. The highest BCUT2D eigenvalue weighted by Gasteiger charge is 2.14. The van der Waals surface area contributed by atoms with Crippen molar-refractivity contribution >= 4 is 17.5 Å². The summed E-state index contributed by atoms with van der Waals surface area (Å²) in [5, 5.41) is 8.72. The molecular weight excluding hydrogens is 378 g/mol. The number of imidazole rings is 1. The number of aromatic nitrogens is 5. The topological polar surface area (TPSA) is 87.6 Å². The van der Waals surface area contributed by atoms with Gasteiger partial charge < -0.3 is 13.9 Å². The number of nitrogens with zero attached hydrogens (tertiary/aromatic N) is 5. The van der Waals surface area contributed by atoms with Gasteiger partial charge in [-0.3, -0.25) is 4.40 Å². The van der Waals surface area contributed by atoms with E-state index in [4.69, 9.17) is 13.9 Å². The number of rotatable bonds is 6. The standard InChI is InChI=1S/C19H19N5O3S/c1-11-7-12(2)24-9-14(21-18(24)20-11)10-28-19-23-22-17(27-19)13-5-6-15(25-3)16(8-13)26-4/h5-9H,10H2,1-4H3. The van der Waals surface area contributed by atoms with Crippen molar-refractivity contribution < 1.29 is 13.9 Å². The van der Waals surface area contributed by atoms with Crippen LogP contribution in [0.1, 0.15) is 17.1 Å². The molecule has 0 N–H and O–H groups in total. The summed E-state index contributed by atoms with van der Waals surface area (Å²) in [7, 11) is 3.18. The van der Waals surface area contributed by atoms with Crippen LogP contribution in [0.4, 0.5) is 0 Å². The first-order valence-electron chi connectivity index (χ1n) is 8.58. The summed E-state index contributed by atoms with van der Waals surface area (Å²) in [5.74, 6) is 2.98. The smallest absolute Gasteiger partial charge is 0.277 e. The molecule has 0 saturated heterocycles. The molecule has 4 aromatic rings. The lowest BCUT2D eigenvalue weighted by Crippen LogP contribution is -1.94. The Balaban J connectivity index is 1.50. The highest BCUT2D eigenvalue weighted by Crippen LogP contribution is 2.33. The molecular formula is C19H19N5O3S. The Kier molecular flexibility index (Phi) is 4.91. The molecule has 0 saturated carbocycles. The Morgan fingerprint density at radius 1 is 1.04 bits per heavy atom. The SMILES string of the molecule is COc1ccc(-c2nnc(SCc3cn4c(C)cc(C)nc4n3)o2)cc1OC. The van der Waals surface area contributed by atoms with E-state index in [1.807, 2.05) is 36.6 Å². The van der Waals surface area contributed by atoms with Gasteiger partial charge >= 0.3 is 0 Å². The van der Waals surface area contributed by atoms with E-state index in [0.29, 0.717) is 34.1 Å². The van der Waals surface area contributed by atoms with E-state index in [9.17, 15) is 0 Å². The van der Waals surface area contributed by atoms with Crippen LogP contribution in [0.2, 0.25) is 0 Å². The number of methoxy groups -OCH3 is 2. The van der Waals surface area contributed by atoms with Crippen LogP contribution in [0, 0.1) is 13.8 Å². The largest absolute Gasteiger partial charge is 0.493 e. The Labute approximate surface area is 165 Å². The van der Waals surface area contributed by atoms with Crippen molar-refractivity contribution in [2.75, 3.05) is 14.2 Å². The molecule has 0 atom stereocenters. The number of fused-ring (bicyclic) bond motifs is 1. The van der Waals surface area contributed by atoms with Gasteiger partial charge in [0.1, 0.15) is 0 Å². The molecule has 28 heavy (non-hydrogen) atoms. The fourth-order valence-electron chi connectivity index (χ4n) is 2.88. The molecule has 0 aliphatic rings. The predicted molar refractivity (Wildman–Crippen MR) is 105 cm³/mol. The van der Waals surface area contributed by atoms with E-state index in [-0.39, 0.29) is 0 Å². The van der Waals surface area contributed by atoms with Gasteiger partial charge in [0.05, 0.1) is 19.9 Å². The van der Waals surface area contributed by atoms with Crippen LogP contribution in [0.3, 0.4) is 0 Å². The normalized spacial score (nSPS) is 11.1. The van der Waals surface area contributed by atoms with Gasteiger partial charge in [0.25, 0.3) is 5.22 Å². The zero-order valence-electron chi connectivity index (χ0n) is 16.0. The minimum atomic E-state index is 0.423. The van der Waals surface area contributed by atoms with Gasteiger partial charge in [-0.2, -0.15) is 0 Å². The molecule has 0 radical (unpaired) electrons. The zero-order chi connectivity index (χ0) is 19.7. The van der Waals surface area contributed by atoms with Gasteiger partial charge in [0.2, 0.25) is 11.7 Å². The van der Waals surface area contributed by atoms with Crippen LogP contribution < -0.4 is 9.47 Å². The molecule has 0 amide bonds. The molecule has 3 heterocycles. The number of hydrogen-bond acceptors (Lipinski definition) is 8. The van der Waals surface area contributed by atoms with Crippen molar-refractivity contribution in [2.24, 2.45) is 0 Å². The van der Waals surface area contributed by atoms with Gasteiger partial charge in [-0.1, -0.05) is 11.8 Å². The summed E-state index contributed by atoms with van der Waals surface area (Å²) in [6.45, 7) is 4.00. The third-order valence-corrected chi connectivity index (χ3v) is 5.04. The van der Waals surface area contributed by atoms with Crippen molar-refractivity contribution in [3.05, 3.63) is 47.5 Å². The average molecular weight is 397 g/mol. The molecule has 0 aliphatic heterocycles. The zero-order valence-corrected chi connectivity index (χ0v) is 16.8. The number of ether oxygens (including phenoxy) is 2. The lowest BCUT2D eigenvalue weighted by atomic mass is 10.2. The van der Waals surface area contributed by atoms with Crippen molar-refractivity contribution in [3.63, 3.8) is 0 Å². The van der Waals surface area contributed by atoms with E-state index in [2.05, 4.69) is 20.2 Å². The Hall–Kier alpha value is -3.07.